The predicted octanol–water partition coefficient (Wildman–Crippen LogP) is 7.22. The van der Waals surface area contributed by atoms with Gasteiger partial charge in [0.15, 0.2) is 0 Å². The molecule has 1 aromatic heterocycles. The molecule has 2 heterocycles. The Bertz CT molecular complexity index is 1680. The first-order chi connectivity index (χ1) is 17.6. The number of carbonyl (C=O) groups is 2. The third-order valence-corrected chi connectivity index (χ3v) is 7.39. The molecule has 0 aliphatic carbocycles. The number of hydrogen-bond acceptors (Lipinski definition) is 3. The van der Waals surface area contributed by atoms with Crippen LogP contribution in [0.4, 0.5) is 9.18 Å². The second-order valence-corrected chi connectivity index (χ2v) is 9.72. The molecule has 0 saturated carbocycles. The van der Waals surface area contributed by atoms with Crippen LogP contribution in [0.3, 0.4) is 0 Å². The number of fused-ring (bicyclic) bond motifs is 2. The molecule has 36 heavy (non-hydrogen) atoms. The Labute approximate surface area is 211 Å². The van der Waals surface area contributed by atoms with Crippen LogP contribution < -0.4 is 0 Å². The van der Waals surface area contributed by atoms with E-state index in [0.717, 1.165) is 33.1 Å². The van der Waals surface area contributed by atoms with Crippen LogP contribution in [-0.2, 0) is 17.9 Å². The second-order valence-electron chi connectivity index (χ2n) is 8.73. The number of hydrogen-bond donors (Lipinski definition) is 0. The summed E-state index contributed by atoms with van der Waals surface area (Å²) in [6, 6.07) is 28.8. The zero-order chi connectivity index (χ0) is 24.6. The molecule has 0 atom stereocenters. The maximum absolute atomic E-state index is 14.1. The fourth-order valence-corrected chi connectivity index (χ4v) is 5.54. The lowest BCUT2D eigenvalue weighted by molar-refractivity contribution is -0.123. The number of aromatic nitrogens is 1. The Morgan fingerprint density at radius 1 is 0.750 bits per heavy atom. The minimum Gasteiger partial charge on any atom is -0.342 e. The molecule has 6 rings (SSSR count). The van der Waals surface area contributed by atoms with Crippen LogP contribution in [0, 0.1) is 5.82 Å². The van der Waals surface area contributed by atoms with Crippen molar-refractivity contribution in [1.82, 2.24) is 9.47 Å². The fourth-order valence-electron chi connectivity index (χ4n) is 4.71. The molecule has 0 radical (unpaired) electrons. The van der Waals surface area contributed by atoms with Crippen LogP contribution in [-0.4, -0.2) is 20.6 Å². The molecular weight excluding hydrogens is 471 g/mol. The molecule has 1 saturated heterocycles. The average Bonchev–Trinajstić information content (AvgIpc) is 3.37. The maximum Gasteiger partial charge on any atom is 0.293 e. The number of nitrogens with zero attached hydrogens (tertiary/aromatic N) is 2. The number of para-hydroxylation sites is 1. The molecule has 4 nitrogen and oxygen atoms in total. The Balaban J connectivity index is 1.35. The number of halogens is 1. The van der Waals surface area contributed by atoms with Crippen molar-refractivity contribution in [1.29, 1.82) is 0 Å². The summed E-state index contributed by atoms with van der Waals surface area (Å²) in [5, 5.41) is 3.00. The lowest BCUT2D eigenvalue weighted by Crippen LogP contribution is -2.27. The van der Waals surface area contributed by atoms with Crippen molar-refractivity contribution in [2.75, 3.05) is 0 Å². The van der Waals surface area contributed by atoms with Crippen molar-refractivity contribution in [3.8, 4) is 0 Å². The summed E-state index contributed by atoms with van der Waals surface area (Å²) in [5.41, 5.74) is 3.42. The Morgan fingerprint density at radius 2 is 1.44 bits per heavy atom. The van der Waals surface area contributed by atoms with Gasteiger partial charge in [0.05, 0.1) is 11.4 Å². The molecule has 5 aromatic rings. The van der Waals surface area contributed by atoms with Gasteiger partial charge in [-0.2, -0.15) is 0 Å². The molecule has 6 heteroatoms. The highest BCUT2D eigenvalue weighted by molar-refractivity contribution is 8.18. The van der Waals surface area contributed by atoms with Crippen LogP contribution in [0.2, 0.25) is 0 Å². The highest BCUT2D eigenvalue weighted by Gasteiger charge is 2.35. The molecule has 0 N–H and O–H groups in total. The molecule has 1 fully saturated rings. The first-order valence-electron chi connectivity index (χ1n) is 11.6. The summed E-state index contributed by atoms with van der Waals surface area (Å²) >= 11 is 0.892. The summed E-state index contributed by atoms with van der Waals surface area (Å²) in [6.07, 6.45) is 3.80. The molecule has 176 valence electrons. The number of rotatable bonds is 5. The third-order valence-electron chi connectivity index (χ3n) is 6.49. The van der Waals surface area contributed by atoms with E-state index in [1.54, 1.807) is 24.3 Å². The Hall–Kier alpha value is -4.16. The van der Waals surface area contributed by atoms with E-state index in [0.29, 0.717) is 17.0 Å². The normalized spacial score (nSPS) is 15.0. The van der Waals surface area contributed by atoms with Gasteiger partial charge in [-0.25, -0.2) is 4.39 Å². The van der Waals surface area contributed by atoms with E-state index in [9.17, 15) is 14.0 Å². The highest BCUT2D eigenvalue weighted by Crippen LogP contribution is 2.35. The number of benzene rings is 4. The van der Waals surface area contributed by atoms with Gasteiger partial charge < -0.3 is 4.57 Å². The lowest BCUT2D eigenvalue weighted by atomic mass is 10.0. The SMILES string of the molecule is O=C1S/C(=C\c2cn(Cc3cccc4ccccc34)c3ccccc23)C(=O)N1Cc1ccccc1F. The van der Waals surface area contributed by atoms with Crippen molar-refractivity contribution in [2.45, 2.75) is 13.1 Å². The highest BCUT2D eigenvalue weighted by atomic mass is 32.2. The maximum atomic E-state index is 14.1. The van der Waals surface area contributed by atoms with Gasteiger partial charge in [-0.05, 0) is 46.3 Å². The number of carbonyl (C=O) groups excluding carboxylic acids is 2. The summed E-state index contributed by atoms with van der Waals surface area (Å²) < 4.78 is 16.3. The van der Waals surface area contributed by atoms with E-state index in [-0.39, 0.29) is 6.54 Å². The smallest absolute Gasteiger partial charge is 0.293 e. The monoisotopic (exact) mass is 492 g/mol. The Morgan fingerprint density at radius 3 is 2.31 bits per heavy atom. The number of amides is 2. The second kappa shape index (κ2) is 9.13. The molecule has 0 unspecified atom stereocenters. The quantitative estimate of drug-likeness (QED) is 0.243. The summed E-state index contributed by atoms with van der Waals surface area (Å²) in [5.74, 6) is -0.837. The van der Waals surface area contributed by atoms with Crippen molar-refractivity contribution >= 4 is 50.7 Å². The van der Waals surface area contributed by atoms with E-state index < -0.39 is 17.0 Å². The molecular formula is C30H21FN2O2S. The van der Waals surface area contributed by atoms with Crippen LogP contribution in [0.25, 0.3) is 27.8 Å². The van der Waals surface area contributed by atoms with Crippen LogP contribution in [0.1, 0.15) is 16.7 Å². The standard InChI is InChI=1S/C30H21FN2O2S/c31-26-14-5-2-9-22(26)19-33-29(34)28(36-30(33)35)16-23-18-32(27-15-6-4-13-25(23)27)17-21-11-7-10-20-8-1-3-12-24(20)21/h1-16,18H,17,19H2/b28-16-. The molecule has 1 aliphatic heterocycles. The van der Waals surface area contributed by atoms with Gasteiger partial charge in [0.25, 0.3) is 11.1 Å². The van der Waals surface area contributed by atoms with Crippen molar-refractivity contribution in [3.63, 3.8) is 0 Å². The molecule has 0 bridgehead atoms. The fraction of sp³-hybridized carbons (Fsp3) is 0.0667. The Kier molecular flexibility index (Phi) is 5.66. The predicted molar refractivity (Wildman–Crippen MR) is 143 cm³/mol. The van der Waals surface area contributed by atoms with E-state index in [2.05, 4.69) is 41.0 Å². The van der Waals surface area contributed by atoms with Crippen LogP contribution in [0.5, 0.6) is 0 Å². The van der Waals surface area contributed by atoms with Crippen LogP contribution in [0.15, 0.2) is 102 Å². The van der Waals surface area contributed by atoms with Crippen molar-refractivity contribution < 1.29 is 14.0 Å². The van der Waals surface area contributed by atoms with Crippen LogP contribution >= 0.6 is 11.8 Å². The van der Waals surface area contributed by atoms with Crippen molar-refractivity contribution in [2.24, 2.45) is 0 Å². The van der Waals surface area contributed by atoms with Gasteiger partial charge in [-0.3, -0.25) is 14.5 Å². The summed E-state index contributed by atoms with van der Waals surface area (Å²) in [7, 11) is 0. The number of thioether (sulfide) groups is 1. The van der Waals surface area contributed by atoms with Gasteiger partial charge in [0.2, 0.25) is 0 Å². The zero-order valence-corrected chi connectivity index (χ0v) is 20.0. The minimum absolute atomic E-state index is 0.0858. The summed E-state index contributed by atoms with van der Waals surface area (Å²) in [6.45, 7) is 0.585. The van der Waals surface area contributed by atoms with Gasteiger partial charge in [0, 0.05) is 34.8 Å². The van der Waals surface area contributed by atoms with Gasteiger partial charge in [-0.1, -0.05) is 78.9 Å². The molecule has 0 spiro atoms. The lowest BCUT2D eigenvalue weighted by Gasteiger charge is -2.12. The summed E-state index contributed by atoms with van der Waals surface area (Å²) in [4.78, 5) is 27.2. The number of imide groups is 1. The van der Waals surface area contributed by atoms with E-state index in [1.165, 1.54) is 22.4 Å². The first kappa shape index (κ1) is 22.3. The van der Waals surface area contributed by atoms with E-state index in [1.807, 2.05) is 36.5 Å². The van der Waals surface area contributed by atoms with E-state index in [4.69, 9.17) is 0 Å². The topological polar surface area (TPSA) is 42.3 Å². The molecule has 4 aromatic carbocycles. The van der Waals surface area contributed by atoms with Gasteiger partial charge >= 0.3 is 0 Å². The third kappa shape index (κ3) is 3.99. The van der Waals surface area contributed by atoms with Gasteiger partial charge in [0.1, 0.15) is 5.82 Å². The molecule has 1 aliphatic rings. The zero-order valence-electron chi connectivity index (χ0n) is 19.2. The largest absolute Gasteiger partial charge is 0.342 e. The van der Waals surface area contributed by atoms with E-state index >= 15 is 0 Å². The minimum atomic E-state index is -0.433. The van der Waals surface area contributed by atoms with Crippen molar-refractivity contribution in [3.05, 3.63) is 125 Å². The van der Waals surface area contributed by atoms with Gasteiger partial charge in [-0.15, -0.1) is 0 Å². The first-order valence-corrected chi connectivity index (χ1v) is 12.4. The molecule has 2 amide bonds. The average molecular weight is 493 g/mol.